The largest absolute Gasteiger partial charge is 0.388 e. The molecule has 70 valence electrons. The molecule has 0 spiro atoms. The van der Waals surface area contributed by atoms with Gasteiger partial charge in [-0.05, 0) is 35.4 Å². The lowest BCUT2D eigenvalue weighted by Gasteiger charge is -2.07. The highest BCUT2D eigenvalue weighted by Crippen LogP contribution is 2.34. The van der Waals surface area contributed by atoms with E-state index >= 15 is 0 Å². The Labute approximate surface area is 83.8 Å². The average Bonchev–Trinajstić information content (AvgIpc) is 2.65. The van der Waals surface area contributed by atoms with E-state index in [2.05, 4.69) is 35.6 Å². The van der Waals surface area contributed by atoms with Crippen molar-refractivity contribution in [2.45, 2.75) is 12.8 Å². The van der Waals surface area contributed by atoms with Crippen LogP contribution in [0.5, 0.6) is 0 Å². The zero-order valence-electron chi connectivity index (χ0n) is 8.30. The molecule has 1 heteroatoms. The van der Waals surface area contributed by atoms with Gasteiger partial charge in [-0.3, -0.25) is 0 Å². The lowest BCUT2D eigenvalue weighted by Crippen LogP contribution is -1.90. The molecule has 0 amide bonds. The third kappa shape index (κ3) is 0.897. The van der Waals surface area contributed by atoms with Gasteiger partial charge in [0.25, 0.3) is 0 Å². The molecule has 0 bridgehead atoms. The lowest BCUT2D eigenvalue weighted by atomic mass is 10.0. The van der Waals surface area contributed by atoms with Crippen LogP contribution in [-0.4, -0.2) is 7.05 Å². The summed E-state index contributed by atoms with van der Waals surface area (Å²) < 4.78 is 0. The fourth-order valence-electron chi connectivity index (χ4n) is 2.46. The van der Waals surface area contributed by atoms with E-state index in [4.69, 9.17) is 0 Å². The molecule has 0 aromatic heterocycles. The van der Waals surface area contributed by atoms with Crippen molar-refractivity contribution in [3.05, 3.63) is 41.5 Å². The molecule has 0 fully saturated rings. The Morgan fingerprint density at radius 2 is 1.79 bits per heavy atom. The van der Waals surface area contributed by atoms with E-state index in [9.17, 15) is 0 Å². The van der Waals surface area contributed by atoms with E-state index in [1.54, 1.807) is 0 Å². The summed E-state index contributed by atoms with van der Waals surface area (Å²) in [5, 5.41) is 6.11. The fourth-order valence-corrected chi connectivity index (χ4v) is 2.46. The van der Waals surface area contributed by atoms with Gasteiger partial charge in [0.2, 0.25) is 0 Å². The highest BCUT2D eigenvalue weighted by atomic mass is 14.8. The SMILES string of the molecule is CNc1ccc2c3c(cccc13)CC2. The summed E-state index contributed by atoms with van der Waals surface area (Å²) in [6, 6.07) is 11.1. The van der Waals surface area contributed by atoms with Gasteiger partial charge in [-0.2, -0.15) is 0 Å². The summed E-state index contributed by atoms with van der Waals surface area (Å²) in [6.45, 7) is 0. The molecule has 1 aliphatic rings. The minimum Gasteiger partial charge on any atom is -0.388 e. The van der Waals surface area contributed by atoms with E-state index in [0.717, 1.165) is 0 Å². The first-order chi connectivity index (χ1) is 6.90. The van der Waals surface area contributed by atoms with Crippen LogP contribution in [0.4, 0.5) is 5.69 Å². The van der Waals surface area contributed by atoms with Crippen molar-refractivity contribution in [2.75, 3.05) is 12.4 Å². The van der Waals surface area contributed by atoms with Crippen molar-refractivity contribution in [2.24, 2.45) is 0 Å². The second kappa shape index (κ2) is 2.74. The number of hydrogen-bond donors (Lipinski definition) is 1. The molecule has 0 heterocycles. The first-order valence-electron chi connectivity index (χ1n) is 5.11. The summed E-state index contributed by atoms with van der Waals surface area (Å²) in [5.41, 5.74) is 4.26. The molecule has 0 saturated carbocycles. The third-order valence-electron chi connectivity index (χ3n) is 3.15. The van der Waals surface area contributed by atoms with Crippen LogP contribution in [0, 0.1) is 0 Å². The van der Waals surface area contributed by atoms with Gasteiger partial charge in [0.05, 0.1) is 0 Å². The van der Waals surface area contributed by atoms with E-state index < -0.39 is 0 Å². The predicted molar refractivity (Wildman–Crippen MR) is 60.9 cm³/mol. The molecule has 2 aromatic rings. The second-order valence-electron chi connectivity index (χ2n) is 3.86. The molecule has 0 aliphatic heterocycles. The van der Waals surface area contributed by atoms with Crippen LogP contribution in [0.3, 0.4) is 0 Å². The number of nitrogens with one attached hydrogen (secondary N) is 1. The highest BCUT2D eigenvalue weighted by Gasteiger charge is 2.14. The Kier molecular flexibility index (Phi) is 1.54. The van der Waals surface area contributed by atoms with Gasteiger partial charge in [-0.15, -0.1) is 0 Å². The molecule has 0 unspecified atom stereocenters. The Morgan fingerprint density at radius 3 is 2.57 bits per heavy atom. The molecule has 1 aliphatic carbocycles. The molecule has 0 saturated heterocycles. The van der Waals surface area contributed by atoms with Crippen molar-refractivity contribution < 1.29 is 0 Å². The number of rotatable bonds is 1. The van der Waals surface area contributed by atoms with Crippen LogP contribution in [0.1, 0.15) is 11.1 Å². The molecule has 0 radical (unpaired) electrons. The maximum atomic E-state index is 3.25. The fraction of sp³-hybridized carbons (Fsp3) is 0.231. The maximum absolute atomic E-state index is 3.25. The third-order valence-corrected chi connectivity index (χ3v) is 3.15. The molecule has 1 N–H and O–H groups in total. The minimum absolute atomic E-state index is 1.21. The summed E-state index contributed by atoms with van der Waals surface area (Å²) in [4.78, 5) is 0. The molecule has 2 aromatic carbocycles. The summed E-state index contributed by atoms with van der Waals surface area (Å²) >= 11 is 0. The zero-order chi connectivity index (χ0) is 9.54. The first-order valence-corrected chi connectivity index (χ1v) is 5.11. The van der Waals surface area contributed by atoms with E-state index in [0.29, 0.717) is 0 Å². The molecular weight excluding hydrogens is 170 g/mol. The van der Waals surface area contributed by atoms with Gasteiger partial charge in [-0.1, -0.05) is 24.3 Å². The Balaban J connectivity index is 2.48. The minimum atomic E-state index is 1.21. The smallest absolute Gasteiger partial charge is 0.0417 e. The lowest BCUT2D eigenvalue weighted by molar-refractivity contribution is 1.02. The van der Waals surface area contributed by atoms with Crippen molar-refractivity contribution >= 4 is 16.5 Å². The number of anilines is 1. The van der Waals surface area contributed by atoms with E-state index in [1.165, 1.54) is 40.4 Å². The van der Waals surface area contributed by atoms with Gasteiger partial charge in [0.15, 0.2) is 0 Å². The number of benzene rings is 2. The standard InChI is InChI=1S/C13H13N/c1-14-12-8-7-10-6-5-9-3-2-4-11(12)13(9)10/h2-4,7-8,14H,5-6H2,1H3. The van der Waals surface area contributed by atoms with Gasteiger partial charge < -0.3 is 5.32 Å². The molecule has 14 heavy (non-hydrogen) atoms. The van der Waals surface area contributed by atoms with Gasteiger partial charge in [-0.25, -0.2) is 0 Å². The summed E-state index contributed by atoms with van der Waals surface area (Å²) in [7, 11) is 1.99. The predicted octanol–water partition coefficient (Wildman–Crippen LogP) is 2.98. The van der Waals surface area contributed by atoms with E-state index in [1.807, 2.05) is 7.05 Å². The van der Waals surface area contributed by atoms with Crippen molar-refractivity contribution in [3.8, 4) is 0 Å². The zero-order valence-corrected chi connectivity index (χ0v) is 8.30. The number of aryl methyl sites for hydroxylation is 2. The molecule has 3 rings (SSSR count). The molecule has 0 atom stereocenters. The van der Waals surface area contributed by atoms with Gasteiger partial charge >= 0.3 is 0 Å². The topological polar surface area (TPSA) is 12.0 Å². The van der Waals surface area contributed by atoms with Crippen molar-refractivity contribution in [1.82, 2.24) is 0 Å². The molecule has 1 nitrogen and oxygen atoms in total. The van der Waals surface area contributed by atoms with Crippen LogP contribution in [0.2, 0.25) is 0 Å². The van der Waals surface area contributed by atoms with Crippen LogP contribution < -0.4 is 5.32 Å². The molecular formula is C13H13N. The first kappa shape index (κ1) is 7.86. The van der Waals surface area contributed by atoms with Crippen LogP contribution in [-0.2, 0) is 12.8 Å². The highest BCUT2D eigenvalue weighted by molar-refractivity contribution is 5.99. The van der Waals surface area contributed by atoms with Crippen LogP contribution in [0.15, 0.2) is 30.3 Å². The monoisotopic (exact) mass is 183 g/mol. The van der Waals surface area contributed by atoms with Crippen molar-refractivity contribution in [1.29, 1.82) is 0 Å². The Hall–Kier alpha value is -1.50. The van der Waals surface area contributed by atoms with Crippen LogP contribution in [0.25, 0.3) is 10.8 Å². The summed E-state index contributed by atoms with van der Waals surface area (Å²) in [5.74, 6) is 0. The summed E-state index contributed by atoms with van der Waals surface area (Å²) in [6.07, 6.45) is 2.42. The maximum Gasteiger partial charge on any atom is 0.0417 e. The van der Waals surface area contributed by atoms with E-state index in [-0.39, 0.29) is 0 Å². The van der Waals surface area contributed by atoms with Gasteiger partial charge in [0, 0.05) is 18.1 Å². The van der Waals surface area contributed by atoms with Crippen molar-refractivity contribution in [3.63, 3.8) is 0 Å². The Morgan fingerprint density at radius 1 is 1.00 bits per heavy atom. The van der Waals surface area contributed by atoms with Crippen LogP contribution >= 0.6 is 0 Å². The number of hydrogen-bond acceptors (Lipinski definition) is 1. The average molecular weight is 183 g/mol. The second-order valence-corrected chi connectivity index (χ2v) is 3.86. The normalized spacial score (nSPS) is 13.5. The quantitative estimate of drug-likeness (QED) is 0.716. The van der Waals surface area contributed by atoms with Gasteiger partial charge in [0.1, 0.15) is 0 Å². The Bertz CT molecular complexity index is 490.